The van der Waals surface area contributed by atoms with Crippen molar-refractivity contribution in [2.75, 3.05) is 6.61 Å². The van der Waals surface area contributed by atoms with E-state index in [2.05, 4.69) is 20.8 Å². The van der Waals surface area contributed by atoms with Gasteiger partial charge in [-0.25, -0.2) is 0 Å². The summed E-state index contributed by atoms with van der Waals surface area (Å²) in [5.41, 5.74) is 0.253. The van der Waals surface area contributed by atoms with E-state index in [0.29, 0.717) is 0 Å². The summed E-state index contributed by atoms with van der Waals surface area (Å²) in [4.78, 5) is 0. The molecule has 0 aliphatic heterocycles. The molecule has 0 bridgehead atoms. The maximum atomic E-state index is 5.94. The molecular weight excluding hydrogens is 148 g/mol. The van der Waals surface area contributed by atoms with Crippen LogP contribution in [0.1, 0.15) is 52.9 Å². The summed E-state index contributed by atoms with van der Waals surface area (Å²) in [6, 6.07) is 0. The first kappa shape index (κ1) is 10.0. The van der Waals surface area contributed by atoms with Crippen LogP contribution < -0.4 is 0 Å². The van der Waals surface area contributed by atoms with Gasteiger partial charge in [0, 0.05) is 6.61 Å². The van der Waals surface area contributed by atoms with E-state index < -0.39 is 0 Å². The number of rotatable bonds is 4. The monoisotopic (exact) mass is 170 g/mol. The van der Waals surface area contributed by atoms with E-state index in [4.69, 9.17) is 4.74 Å². The minimum absolute atomic E-state index is 0.253. The molecule has 1 nitrogen and oxygen atoms in total. The molecule has 0 aromatic carbocycles. The van der Waals surface area contributed by atoms with Crippen LogP contribution in [-0.4, -0.2) is 12.2 Å². The molecule has 1 rings (SSSR count). The van der Waals surface area contributed by atoms with Crippen LogP contribution in [0.2, 0.25) is 0 Å². The molecule has 0 aromatic rings. The Labute approximate surface area is 76.5 Å². The maximum Gasteiger partial charge on any atom is 0.0707 e. The Kier molecular flexibility index (Phi) is 3.57. The largest absolute Gasteiger partial charge is 0.375 e. The second-order valence-corrected chi connectivity index (χ2v) is 3.85. The second kappa shape index (κ2) is 4.27. The van der Waals surface area contributed by atoms with Gasteiger partial charge in [-0.2, -0.15) is 0 Å². The van der Waals surface area contributed by atoms with Gasteiger partial charge in [-0.1, -0.05) is 26.7 Å². The molecule has 0 spiro atoms. The quantitative estimate of drug-likeness (QED) is 0.628. The van der Waals surface area contributed by atoms with Crippen molar-refractivity contribution < 1.29 is 4.74 Å². The van der Waals surface area contributed by atoms with Gasteiger partial charge in [0.05, 0.1) is 5.60 Å². The van der Waals surface area contributed by atoms with Gasteiger partial charge in [0.2, 0.25) is 0 Å². The van der Waals surface area contributed by atoms with E-state index in [9.17, 15) is 0 Å². The standard InChI is InChI=1S/C11H22O/c1-4-10-8-7-9-11(10,5-2)12-6-3/h10H,4-9H2,1-3H3. The van der Waals surface area contributed by atoms with Gasteiger partial charge in [0.25, 0.3) is 0 Å². The van der Waals surface area contributed by atoms with Crippen LogP contribution in [0.25, 0.3) is 0 Å². The Morgan fingerprint density at radius 3 is 2.58 bits per heavy atom. The summed E-state index contributed by atoms with van der Waals surface area (Å²) in [5.74, 6) is 0.822. The van der Waals surface area contributed by atoms with E-state index in [-0.39, 0.29) is 5.60 Å². The molecule has 1 aliphatic rings. The first-order valence-electron chi connectivity index (χ1n) is 5.43. The Bertz CT molecular complexity index is 133. The molecule has 0 saturated heterocycles. The fourth-order valence-corrected chi connectivity index (χ4v) is 2.74. The van der Waals surface area contributed by atoms with E-state index in [1.54, 1.807) is 0 Å². The number of ether oxygens (including phenoxy) is 1. The van der Waals surface area contributed by atoms with E-state index in [1.807, 2.05) is 0 Å². The highest BCUT2D eigenvalue weighted by Gasteiger charge is 2.40. The zero-order valence-electron chi connectivity index (χ0n) is 8.73. The molecule has 0 N–H and O–H groups in total. The Morgan fingerprint density at radius 2 is 2.08 bits per heavy atom. The lowest BCUT2D eigenvalue weighted by Gasteiger charge is -2.34. The zero-order chi connectivity index (χ0) is 9.03. The van der Waals surface area contributed by atoms with Gasteiger partial charge in [0.1, 0.15) is 0 Å². The topological polar surface area (TPSA) is 9.23 Å². The molecule has 2 unspecified atom stereocenters. The molecule has 0 amide bonds. The van der Waals surface area contributed by atoms with Gasteiger partial charge in [-0.3, -0.25) is 0 Å². The second-order valence-electron chi connectivity index (χ2n) is 3.85. The molecule has 2 atom stereocenters. The summed E-state index contributed by atoms with van der Waals surface area (Å²) in [6.45, 7) is 7.55. The van der Waals surface area contributed by atoms with Crippen LogP contribution in [0.4, 0.5) is 0 Å². The van der Waals surface area contributed by atoms with Gasteiger partial charge in [-0.15, -0.1) is 0 Å². The third-order valence-electron chi connectivity index (χ3n) is 3.42. The highest BCUT2D eigenvalue weighted by Crippen LogP contribution is 2.42. The van der Waals surface area contributed by atoms with Crippen LogP contribution in [0.3, 0.4) is 0 Å². The minimum Gasteiger partial charge on any atom is -0.375 e. The molecule has 0 aromatic heterocycles. The predicted octanol–water partition coefficient (Wildman–Crippen LogP) is 3.38. The molecule has 1 heteroatoms. The van der Waals surface area contributed by atoms with E-state index >= 15 is 0 Å². The van der Waals surface area contributed by atoms with Crippen molar-refractivity contribution >= 4 is 0 Å². The average Bonchev–Trinajstić information content (AvgIpc) is 2.49. The van der Waals surface area contributed by atoms with Crippen LogP contribution in [0.15, 0.2) is 0 Å². The van der Waals surface area contributed by atoms with Gasteiger partial charge in [0.15, 0.2) is 0 Å². The van der Waals surface area contributed by atoms with Crippen molar-refractivity contribution in [3.63, 3.8) is 0 Å². The molecule has 72 valence electrons. The fourth-order valence-electron chi connectivity index (χ4n) is 2.74. The minimum atomic E-state index is 0.253. The van der Waals surface area contributed by atoms with Gasteiger partial charge >= 0.3 is 0 Å². The van der Waals surface area contributed by atoms with Crippen molar-refractivity contribution in [3.8, 4) is 0 Å². The molecule has 0 heterocycles. The summed E-state index contributed by atoms with van der Waals surface area (Å²) in [6.07, 6.45) is 6.51. The maximum absolute atomic E-state index is 5.94. The highest BCUT2D eigenvalue weighted by atomic mass is 16.5. The smallest absolute Gasteiger partial charge is 0.0707 e. The third-order valence-corrected chi connectivity index (χ3v) is 3.42. The Balaban J connectivity index is 2.61. The van der Waals surface area contributed by atoms with Crippen molar-refractivity contribution in [3.05, 3.63) is 0 Å². The van der Waals surface area contributed by atoms with Crippen LogP contribution in [-0.2, 0) is 4.74 Å². The van der Waals surface area contributed by atoms with Crippen LogP contribution in [0, 0.1) is 5.92 Å². The lowest BCUT2D eigenvalue weighted by atomic mass is 9.86. The Morgan fingerprint density at radius 1 is 1.33 bits per heavy atom. The molecular formula is C11H22O. The predicted molar refractivity (Wildman–Crippen MR) is 52.3 cm³/mol. The van der Waals surface area contributed by atoms with Crippen molar-refractivity contribution in [2.24, 2.45) is 5.92 Å². The fraction of sp³-hybridized carbons (Fsp3) is 1.00. The first-order chi connectivity index (χ1) is 5.79. The highest BCUT2D eigenvalue weighted by molar-refractivity contribution is 4.92. The number of hydrogen-bond donors (Lipinski definition) is 0. The first-order valence-corrected chi connectivity index (χ1v) is 5.43. The van der Waals surface area contributed by atoms with Crippen molar-refractivity contribution in [1.82, 2.24) is 0 Å². The van der Waals surface area contributed by atoms with Gasteiger partial charge < -0.3 is 4.74 Å². The zero-order valence-corrected chi connectivity index (χ0v) is 8.73. The SMILES string of the molecule is CCOC1(CC)CCCC1CC. The van der Waals surface area contributed by atoms with Crippen LogP contribution >= 0.6 is 0 Å². The molecule has 12 heavy (non-hydrogen) atoms. The third kappa shape index (κ3) is 1.66. The van der Waals surface area contributed by atoms with E-state index in [0.717, 1.165) is 12.5 Å². The summed E-state index contributed by atoms with van der Waals surface area (Å²) in [5, 5.41) is 0. The molecule has 1 fully saturated rings. The normalized spacial score (nSPS) is 35.8. The van der Waals surface area contributed by atoms with Crippen molar-refractivity contribution in [2.45, 2.75) is 58.5 Å². The Hall–Kier alpha value is -0.0400. The van der Waals surface area contributed by atoms with Gasteiger partial charge in [-0.05, 0) is 32.1 Å². The lowest BCUT2D eigenvalue weighted by Crippen LogP contribution is -2.35. The molecule has 0 radical (unpaired) electrons. The number of hydrogen-bond acceptors (Lipinski definition) is 1. The lowest BCUT2D eigenvalue weighted by molar-refractivity contribution is -0.0705. The summed E-state index contributed by atoms with van der Waals surface area (Å²) < 4.78 is 5.94. The average molecular weight is 170 g/mol. The van der Waals surface area contributed by atoms with Crippen LogP contribution in [0.5, 0.6) is 0 Å². The molecule has 1 aliphatic carbocycles. The molecule has 1 saturated carbocycles. The summed E-state index contributed by atoms with van der Waals surface area (Å²) >= 11 is 0. The summed E-state index contributed by atoms with van der Waals surface area (Å²) in [7, 11) is 0. The van der Waals surface area contributed by atoms with E-state index in [1.165, 1.54) is 32.1 Å². The van der Waals surface area contributed by atoms with Crippen molar-refractivity contribution in [1.29, 1.82) is 0 Å².